The minimum Gasteiger partial charge on any atom is -0.322 e. The number of nitro groups is 1. The number of rotatable bonds is 3. The third kappa shape index (κ3) is 3.48. The van der Waals surface area contributed by atoms with Crippen LogP contribution in [0.15, 0.2) is 36.4 Å². The number of carbonyl (C=O) groups excluding carboxylic acids is 1. The molecule has 0 bridgehead atoms. The normalized spacial score (nSPS) is 10.2. The molecule has 1 amide bonds. The fourth-order valence-electron chi connectivity index (χ4n) is 1.60. The van der Waals surface area contributed by atoms with Gasteiger partial charge in [0, 0.05) is 16.8 Å². The predicted octanol–water partition coefficient (Wildman–Crippen LogP) is 4.29. The molecule has 0 spiro atoms. The van der Waals surface area contributed by atoms with E-state index in [9.17, 15) is 19.3 Å². The molecular weight excluding hydrogens is 322 g/mol. The molecule has 1 N–H and O–H groups in total. The standard InChI is InChI=1S/C13H7Cl2FN2O3/c14-7-1-3-10(15)9(5-7)13(19)17-8-2-4-11(16)12(6-8)18(20)21/h1-6H,(H,17,19). The van der Waals surface area contributed by atoms with Crippen LogP contribution in [0.25, 0.3) is 0 Å². The highest BCUT2D eigenvalue weighted by Gasteiger charge is 2.17. The van der Waals surface area contributed by atoms with Crippen LogP contribution in [0.1, 0.15) is 10.4 Å². The molecule has 0 fully saturated rings. The quantitative estimate of drug-likeness (QED) is 0.674. The molecule has 0 saturated carbocycles. The second kappa shape index (κ2) is 6.07. The van der Waals surface area contributed by atoms with E-state index in [2.05, 4.69) is 5.32 Å². The molecule has 2 aromatic rings. The number of nitro benzene ring substituents is 1. The Kier molecular flexibility index (Phi) is 4.40. The maximum Gasteiger partial charge on any atom is 0.306 e. The summed E-state index contributed by atoms with van der Waals surface area (Å²) in [6.45, 7) is 0. The molecule has 5 nitrogen and oxygen atoms in total. The summed E-state index contributed by atoms with van der Waals surface area (Å²) < 4.78 is 13.2. The van der Waals surface area contributed by atoms with Crippen molar-refractivity contribution in [2.75, 3.05) is 5.32 Å². The van der Waals surface area contributed by atoms with Crippen molar-refractivity contribution in [1.29, 1.82) is 0 Å². The van der Waals surface area contributed by atoms with E-state index in [1.807, 2.05) is 0 Å². The fourth-order valence-corrected chi connectivity index (χ4v) is 1.98. The van der Waals surface area contributed by atoms with Crippen molar-refractivity contribution in [3.05, 3.63) is 67.9 Å². The SMILES string of the molecule is O=C(Nc1ccc(F)c([N+](=O)[O-])c1)c1cc(Cl)ccc1Cl. The number of hydrogen-bond acceptors (Lipinski definition) is 3. The Morgan fingerprint density at radius 2 is 1.90 bits per heavy atom. The summed E-state index contributed by atoms with van der Waals surface area (Å²) in [5.41, 5.74) is -0.551. The summed E-state index contributed by atoms with van der Waals surface area (Å²) in [7, 11) is 0. The number of halogens is 3. The average molecular weight is 329 g/mol. The summed E-state index contributed by atoms with van der Waals surface area (Å²) in [6.07, 6.45) is 0. The molecule has 0 unspecified atom stereocenters. The highest BCUT2D eigenvalue weighted by atomic mass is 35.5. The monoisotopic (exact) mass is 328 g/mol. The maximum atomic E-state index is 13.2. The van der Waals surface area contributed by atoms with Crippen molar-refractivity contribution < 1.29 is 14.1 Å². The largest absolute Gasteiger partial charge is 0.322 e. The van der Waals surface area contributed by atoms with E-state index in [0.717, 1.165) is 12.1 Å². The molecule has 0 atom stereocenters. The second-order valence-electron chi connectivity index (χ2n) is 4.00. The summed E-state index contributed by atoms with van der Waals surface area (Å²) in [5.74, 6) is -1.60. The molecule has 0 radical (unpaired) electrons. The molecule has 0 saturated heterocycles. The molecule has 8 heteroatoms. The fraction of sp³-hybridized carbons (Fsp3) is 0. The summed E-state index contributed by atoms with van der Waals surface area (Å²) in [5, 5.41) is 13.5. The number of carbonyl (C=O) groups is 1. The highest BCUT2D eigenvalue weighted by molar-refractivity contribution is 6.36. The first kappa shape index (κ1) is 15.2. The van der Waals surface area contributed by atoms with Crippen LogP contribution in [0.2, 0.25) is 10.0 Å². The van der Waals surface area contributed by atoms with E-state index in [1.165, 1.54) is 24.3 Å². The van der Waals surface area contributed by atoms with Crippen molar-refractivity contribution in [3.8, 4) is 0 Å². The number of hydrogen-bond donors (Lipinski definition) is 1. The smallest absolute Gasteiger partial charge is 0.306 e. The average Bonchev–Trinajstić information content (AvgIpc) is 2.43. The lowest BCUT2D eigenvalue weighted by Crippen LogP contribution is -2.12. The van der Waals surface area contributed by atoms with Crippen LogP contribution < -0.4 is 5.32 Å². The molecule has 21 heavy (non-hydrogen) atoms. The van der Waals surface area contributed by atoms with Gasteiger partial charge in [0.15, 0.2) is 0 Å². The van der Waals surface area contributed by atoms with Crippen molar-refractivity contribution >= 4 is 40.5 Å². The van der Waals surface area contributed by atoms with Crippen molar-refractivity contribution in [1.82, 2.24) is 0 Å². The minimum absolute atomic E-state index is 0.0733. The molecular formula is C13H7Cl2FN2O3. The van der Waals surface area contributed by atoms with Gasteiger partial charge in [-0.2, -0.15) is 4.39 Å². The van der Waals surface area contributed by atoms with Gasteiger partial charge >= 0.3 is 5.69 Å². The topological polar surface area (TPSA) is 72.2 Å². The maximum absolute atomic E-state index is 13.2. The van der Waals surface area contributed by atoms with Gasteiger partial charge in [0.1, 0.15) is 0 Å². The molecule has 0 heterocycles. The molecule has 0 aromatic heterocycles. The molecule has 2 aromatic carbocycles. The molecule has 0 aliphatic heterocycles. The Balaban J connectivity index is 2.29. The van der Waals surface area contributed by atoms with Gasteiger partial charge in [0.05, 0.1) is 15.5 Å². The van der Waals surface area contributed by atoms with Gasteiger partial charge in [-0.15, -0.1) is 0 Å². The predicted molar refractivity (Wildman–Crippen MR) is 77.5 cm³/mol. The van der Waals surface area contributed by atoms with Crippen LogP contribution in [0.4, 0.5) is 15.8 Å². The number of benzene rings is 2. The van der Waals surface area contributed by atoms with Gasteiger partial charge in [-0.3, -0.25) is 14.9 Å². The first-order valence-corrected chi connectivity index (χ1v) is 6.34. The summed E-state index contributed by atoms with van der Waals surface area (Å²) in [4.78, 5) is 21.8. The van der Waals surface area contributed by atoms with Gasteiger partial charge < -0.3 is 5.32 Å². The second-order valence-corrected chi connectivity index (χ2v) is 4.85. The van der Waals surface area contributed by atoms with Gasteiger partial charge in [-0.05, 0) is 30.3 Å². The Morgan fingerprint density at radius 3 is 2.57 bits per heavy atom. The van der Waals surface area contributed by atoms with Gasteiger partial charge in [0.2, 0.25) is 5.82 Å². The molecule has 0 aliphatic carbocycles. The number of nitrogens with one attached hydrogen (secondary N) is 1. The lowest BCUT2D eigenvalue weighted by molar-refractivity contribution is -0.387. The molecule has 108 valence electrons. The van der Waals surface area contributed by atoms with Crippen molar-refractivity contribution in [2.45, 2.75) is 0 Å². The van der Waals surface area contributed by atoms with Crippen LogP contribution >= 0.6 is 23.2 Å². The lowest BCUT2D eigenvalue weighted by Gasteiger charge is -2.07. The Hall–Kier alpha value is -2.18. The van der Waals surface area contributed by atoms with Crippen LogP contribution in [0, 0.1) is 15.9 Å². The van der Waals surface area contributed by atoms with Gasteiger partial charge in [-0.25, -0.2) is 0 Å². The third-order valence-electron chi connectivity index (χ3n) is 2.57. The molecule has 2 rings (SSSR count). The Bertz CT molecular complexity index is 737. The van der Waals surface area contributed by atoms with Crippen molar-refractivity contribution in [2.24, 2.45) is 0 Å². The van der Waals surface area contributed by atoms with Gasteiger partial charge in [-0.1, -0.05) is 23.2 Å². The zero-order valence-electron chi connectivity index (χ0n) is 10.3. The van der Waals surface area contributed by atoms with Crippen LogP contribution in [0.3, 0.4) is 0 Å². The van der Waals surface area contributed by atoms with E-state index < -0.39 is 22.3 Å². The highest BCUT2D eigenvalue weighted by Crippen LogP contribution is 2.24. The summed E-state index contributed by atoms with van der Waals surface area (Å²) in [6, 6.07) is 7.35. The number of nitrogens with zero attached hydrogens (tertiary/aromatic N) is 1. The first-order chi connectivity index (χ1) is 9.88. The lowest BCUT2D eigenvalue weighted by atomic mass is 10.2. The Morgan fingerprint density at radius 1 is 1.19 bits per heavy atom. The van der Waals surface area contributed by atoms with E-state index >= 15 is 0 Å². The van der Waals surface area contributed by atoms with E-state index in [4.69, 9.17) is 23.2 Å². The number of amides is 1. The Labute approximate surface area is 128 Å². The minimum atomic E-state index is -0.987. The molecule has 0 aliphatic rings. The van der Waals surface area contributed by atoms with Crippen LogP contribution in [-0.2, 0) is 0 Å². The van der Waals surface area contributed by atoms with E-state index in [1.54, 1.807) is 0 Å². The zero-order valence-corrected chi connectivity index (χ0v) is 11.8. The van der Waals surface area contributed by atoms with Gasteiger partial charge in [0.25, 0.3) is 5.91 Å². The van der Waals surface area contributed by atoms with Crippen molar-refractivity contribution in [3.63, 3.8) is 0 Å². The first-order valence-electron chi connectivity index (χ1n) is 5.59. The number of anilines is 1. The third-order valence-corrected chi connectivity index (χ3v) is 3.14. The van der Waals surface area contributed by atoms with E-state index in [0.29, 0.717) is 5.02 Å². The van der Waals surface area contributed by atoms with Crippen LogP contribution in [0.5, 0.6) is 0 Å². The van der Waals surface area contributed by atoms with E-state index in [-0.39, 0.29) is 16.3 Å². The summed E-state index contributed by atoms with van der Waals surface area (Å²) >= 11 is 11.7. The van der Waals surface area contributed by atoms with Crippen LogP contribution in [-0.4, -0.2) is 10.8 Å². The zero-order chi connectivity index (χ0) is 15.6.